The van der Waals surface area contributed by atoms with Gasteiger partial charge in [-0.2, -0.15) is 0 Å². The van der Waals surface area contributed by atoms with E-state index in [-0.39, 0.29) is 11.9 Å². The Morgan fingerprint density at radius 1 is 1.48 bits per heavy atom. The standard InChI is InChI=1S/C14H22N3O3S/c1-15-21(19,20)9-10-4-5-12-11(8-10)14(18)6-7-17(2,3)13(14)16-12/h4-5,8,13,15-16,18H,6-7,9H2,1-3H3/q+1. The van der Waals surface area contributed by atoms with Crippen LogP contribution in [0.1, 0.15) is 17.5 Å². The normalized spacial score (nSPS) is 29.8. The van der Waals surface area contributed by atoms with E-state index in [1.54, 1.807) is 6.07 Å². The summed E-state index contributed by atoms with van der Waals surface area (Å²) in [5.41, 5.74) is 1.49. The van der Waals surface area contributed by atoms with Crippen molar-refractivity contribution in [3.63, 3.8) is 0 Å². The smallest absolute Gasteiger partial charge is 0.215 e. The summed E-state index contributed by atoms with van der Waals surface area (Å²) in [4.78, 5) is 0. The molecule has 2 aliphatic heterocycles. The number of anilines is 1. The van der Waals surface area contributed by atoms with E-state index in [1.807, 2.05) is 12.1 Å². The van der Waals surface area contributed by atoms with Crippen LogP contribution >= 0.6 is 0 Å². The summed E-state index contributed by atoms with van der Waals surface area (Å²) in [6.07, 6.45) is 0.594. The number of sulfonamides is 1. The third-order valence-electron chi connectivity index (χ3n) is 4.73. The van der Waals surface area contributed by atoms with E-state index >= 15 is 0 Å². The molecule has 1 fully saturated rings. The van der Waals surface area contributed by atoms with E-state index in [1.165, 1.54) is 7.05 Å². The Morgan fingerprint density at radius 2 is 2.19 bits per heavy atom. The molecule has 116 valence electrons. The van der Waals surface area contributed by atoms with Gasteiger partial charge in [-0.1, -0.05) is 6.07 Å². The van der Waals surface area contributed by atoms with Gasteiger partial charge in [0.15, 0.2) is 11.8 Å². The maximum atomic E-state index is 11.7. The molecule has 6 nitrogen and oxygen atoms in total. The predicted molar refractivity (Wildman–Crippen MR) is 81.0 cm³/mol. The molecule has 3 rings (SSSR count). The van der Waals surface area contributed by atoms with Gasteiger partial charge < -0.3 is 14.9 Å². The lowest BCUT2D eigenvalue weighted by Crippen LogP contribution is -2.52. The third kappa shape index (κ3) is 2.24. The largest absolute Gasteiger partial charge is 0.377 e. The molecule has 1 aromatic carbocycles. The first-order valence-electron chi connectivity index (χ1n) is 7.04. The van der Waals surface area contributed by atoms with Crippen LogP contribution in [0.15, 0.2) is 18.2 Å². The molecule has 2 aliphatic rings. The number of benzene rings is 1. The number of likely N-dealkylation sites (N-methyl/N-ethyl adjacent to an activating group) is 1. The number of hydrogen-bond acceptors (Lipinski definition) is 4. The summed E-state index contributed by atoms with van der Waals surface area (Å²) in [6, 6.07) is 5.49. The molecule has 0 saturated carbocycles. The van der Waals surface area contributed by atoms with E-state index < -0.39 is 15.6 Å². The number of nitrogens with one attached hydrogen (secondary N) is 2. The van der Waals surface area contributed by atoms with Crippen molar-refractivity contribution in [1.29, 1.82) is 0 Å². The molecule has 0 aromatic heterocycles. The summed E-state index contributed by atoms with van der Waals surface area (Å²) < 4.78 is 26.4. The Hall–Kier alpha value is -1.15. The maximum Gasteiger partial charge on any atom is 0.215 e. The Bertz CT molecular complexity index is 687. The van der Waals surface area contributed by atoms with E-state index in [2.05, 4.69) is 24.1 Å². The van der Waals surface area contributed by atoms with Gasteiger partial charge in [0.25, 0.3) is 0 Å². The zero-order valence-electron chi connectivity index (χ0n) is 12.5. The topological polar surface area (TPSA) is 78.4 Å². The number of hydrogen-bond donors (Lipinski definition) is 3. The average molecular weight is 312 g/mol. The molecule has 0 aliphatic carbocycles. The molecule has 2 atom stereocenters. The van der Waals surface area contributed by atoms with Crippen LogP contribution < -0.4 is 10.0 Å². The zero-order valence-corrected chi connectivity index (χ0v) is 13.4. The first-order valence-corrected chi connectivity index (χ1v) is 8.69. The van der Waals surface area contributed by atoms with E-state index in [4.69, 9.17) is 0 Å². The number of fused-ring (bicyclic) bond motifs is 3. The minimum Gasteiger partial charge on any atom is -0.377 e. The molecular formula is C14H22N3O3S+. The monoisotopic (exact) mass is 312 g/mol. The molecule has 0 bridgehead atoms. The summed E-state index contributed by atoms with van der Waals surface area (Å²) >= 11 is 0. The lowest BCUT2D eigenvalue weighted by Gasteiger charge is -2.33. The van der Waals surface area contributed by atoms with Gasteiger partial charge in [0.1, 0.15) is 0 Å². The molecular weight excluding hydrogens is 290 g/mol. The van der Waals surface area contributed by atoms with Gasteiger partial charge in [-0.3, -0.25) is 0 Å². The highest BCUT2D eigenvalue weighted by molar-refractivity contribution is 7.88. The van der Waals surface area contributed by atoms with Crippen LogP contribution in [0.25, 0.3) is 0 Å². The van der Waals surface area contributed by atoms with Crippen molar-refractivity contribution in [2.75, 3.05) is 33.0 Å². The van der Waals surface area contributed by atoms with Gasteiger partial charge in [-0.15, -0.1) is 0 Å². The van der Waals surface area contributed by atoms with Crippen molar-refractivity contribution in [2.24, 2.45) is 0 Å². The molecule has 1 aromatic rings. The van der Waals surface area contributed by atoms with E-state index in [0.29, 0.717) is 16.5 Å². The van der Waals surface area contributed by atoms with Crippen molar-refractivity contribution in [3.05, 3.63) is 29.3 Å². The molecule has 2 unspecified atom stereocenters. The van der Waals surface area contributed by atoms with Gasteiger partial charge in [-0.25, -0.2) is 13.1 Å². The second-order valence-corrected chi connectivity index (χ2v) is 8.49. The average Bonchev–Trinajstić information content (AvgIpc) is 2.83. The van der Waals surface area contributed by atoms with Gasteiger partial charge in [0, 0.05) is 17.7 Å². The first-order chi connectivity index (χ1) is 9.68. The molecule has 0 radical (unpaired) electrons. The fraction of sp³-hybridized carbons (Fsp3) is 0.571. The molecule has 1 saturated heterocycles. The molecule has 3 N–H and O–H groups in total. The van der Waals surface area contributed by atoms with Crippen LogP contribution in [0, 0.1) is 0 Å². The van der Waals surface area contributed by atoms with Crippen LogP contribution in [-0.4, -0.2) is 51.9 Å². The maximum absolute atomic E-state index is 11.7. The SMILES string of the molecule is CNS(=O)(=O)Cc1ccc2c(c1)C1(O)CC[N+](C)(C)C1N2. The first kappa shape index (κ1) is 14.8. The highest BCUT2D eigenvalue weighted by Gasteiger charge is 2.59. The fourth-order valence-corrected chi connectivity index (χ4v) is 4.25. The Balaban J connectivity index is 1.99. The van der Waals surface area contributed by atoms with E-state index in [0.717, 1.165) is 17.8 Å². The Kier molecular flexibility index (Phi) is 3.11. The van der Waals surface area contributed by atoms with Crippen molar-refractivity contribution in [3.8, 4) is 0 Å². The van der Waals surface area contributed by atoms with Gasteiger partial charge in [0.05, 0.1) is 26.4 Å². The number of rotatable bonds is 3. The predicted octanol–water partition coefficient (Wildman–Crippen LogP) is 0.155. The Labute approximate surface area is 125 Å². The number of nitrogens with zero attached hydrogens (tertiary/aromatic N) is 1. The van der Waals surface area contributed by atoms with E-state index in [9.17, 15) is 13.5 Å². The van der Waals surface area contributed by atoms with Crippen molar-refractivity contribution in [2.45, 2.75) is 23.9 Å². The van der Waals surface area contributed by atoms with Gasteiger partial charge in [-0.05, 0) is 24.7 Å². The lowest BCUT2D eigenvalue weighted by molar-refractivity contribution is -0.902. The zero-order chi connectivity index (χ0) is 15.5. The molecule has 21 heavy (non-hydrogen) atoms. The molecule has 0 amide bonds. The minimum absolute atomic E-state index is 0.0736. The minimum atomic E-state index is -3.31. The van der Waals surface area contributed by atoms with Gasteiger partial charge in [0.2, 0.25) is 10.0 Å². The highest BCUT2D eigenvalue weighted by atomic mass is 32.2. The molecule has 2 heterocycles. The quantitative estimate of drug-likeness (QED) is 0.695. The number of quaternary nitrogens is 1. The highest BCUT2D eigenvalue weighted by Crippen LogP contribution is 2.48. The van der Waals surface area contributed by atoms with Crippen LogP contribution in [0.3, 0.4) is 0 Å². The summed E-state index contributed by atoms with van der Waals surface area (Å²) in [5, 5.41) is 14.4. The fourth-order valence-electron chi connectivity index (χ4n) is 3.48. The summed E-state index contributed by atoms with van der Waals surface area (Å²) in [5.74, 6) is -0.0736. The second kappa shape index (κ2) is 4.42. The van der Waals surface area contributed by atoms with Crippen LogP contribution in [0.4, 0.5) is 5.69 Å². The van der Waals surface area contributed by atoms with Crippen LogP contribution in [-0.2, 0) is 21.4 Å². The van der Waals surface area contributed by atoms with Crippen molar-refractivity contribution < 1.29 is 18.0 Å². The van der Waals surface area contributed by atoms with Crippen LogP contribution in [0.5, 0.6) is 0 Å². The van der Waals surface area contributed by atoms with Crippen molar-refractivity contribution in [1.82, 2.24) is 4.72 Å². The number of likely N-dealkylation sites (tertiary alicyclic amines) is 1. The summed E-state index contributed by atoms with van der Waals surface area (Å²) in [7, 11) is 2.28. The van der Waals surface area contributed by atoms with Gasteiger partial charge >= 0.3 is 0 Å². The molecule has 0 spiro atoms. The lowest BCUT2D eigenvalue weighted by atomic mass is 9.92. The van der Waals surface area contributed by atoms with Crippen LogP contribution in [0.2, 0.25) is 0 Å². The third-order valence-corrected chi connectivity index (χ3v) is 6.07. The number of aliphatic hydroxyl groups is 1. The Morgan fingerprint density at radius 3 is 2.86 bits per heavy atom. The second-order valence-electron chi connectivity index (χ2n) is 6.57. The van der Waals surface area contributed by atoms with Crippen molar-refractivity contribution >= 4 is 15.7 Å². The molecule has 7 heteroatoms. The summed E-state index contributed by atoms with van der Waals surface area (Å²) in [6.45, 7) is 0.882.